The summed E-state index contributed by atoms with van der Waals surface area (Å²) < 4.78 is 25.0. The molecule has 2 aromatic rings. The van der Waals surface area contributed by atoms with Crippen molar-refractivity contribution >= 4 is 28.3 Å². The zero-order valence-electron chi connectivity index (χ0n) is 11.4. The maximum atomic E-state index is 12.5. The Morgan fingerprint density at radius 3 is 2.57 bits per heavy atom. The summed E-state index contributed by atoms with van der Waals surface area (Å²) in [4.78, 5) is 13.3. The van der Waals surface area contributed by atoms with Crippen molar-refractivity contribution in [2.45, 2.75) is 12.8 Å². The predicted octanol–water partition coefficient (Wildman–Crippen LogP) is 3.71. The second-order valence-corrected chi connectivity index (χ2v) is 5.11. The van der Waals surface area contributed by atoms with Crippen molar-refractivity contribution in [3.63, 3.8) is 0 Å². The van der Waals surface area contributed by atoms with E-state index < -0.39 is 13.0 Å². The van der Waals surface area contributed by atoms with E-state index in [0.29, 0.717) is 0 Å². The van der Waals surface area contributed by atoms with E-state index >= 15 is 0 Å². The van der Waals surface area contributed by atoms with Crippen LogP contribution < -0.4 is 0 Å². The van der Waals surface area contributed by atoms with Gasteiger partial charge in [0.15, 0.2) is 0 Å². The van der Waals surface area contributed by atoms with Crippen LogP contribution in [0.15, 0.2) is 42.5 Å². The Hall–Kier alpha value is -1.68. The molecule has 0 unspecified atom stereocenters. The van der Waals surface area contributed by atoms with Gasteiger partial charge in [0.2, 0.25) is 5.91 Å². The minimum absolute atomic E-state index is 0.102. The van der Waals surface area contributed by atoms with Gasteiger partial charge in [0.1, 0.15) is 0 Å². The van der Waals surface area contributed by atoms with E-state index in [1.165, 1.54) is 0 Å². The number of fused-ring (bicyclic) bond motifs is 1. The van der Waals surface area contributed by atoms with Crippen molar-refractivity contribution in [1.29, 1.82) is 0 Å². The minimum Gasteiger partial charge on any atom is -0.335 e. The Morgan fingerprint density at radius 2 is 1.86 bits per heavy atom. The van der Waals surface area contributed by atoms with Crippen LogP contribution in [0.5, 0.6) is 0 Å². The van der Waals surface area contributed by atoms with Crippen LogP contribution in [0.3, 0.4) is 0 Å². The van der Waals surface area contributed by atoms with E-state index in [1.807, 2.05) is 42.5 Å². The lowest BCUT2D eigenvalue weighted by molar-refractivity contribution is -0.132. The normalized spacial score (nSPS) is 11.0. The van der Waals surface area contributed by atoms with E-state index in [-0.39, 0.29) is 24.8 Å². The average molecular weight is 312 g/mol. The highest BCUT2D eigenvalue weighted by Crippen LogP contribution is 2.19. The summed E-state index contributed by atoms with van der Waals surface area (Å²) in [5, 5.41) is 2.00. The molecule has 0 aliphatic carbocycles. The molecule has 1 amide bonds. The van der Waals surface area contributed by atoms with Crippen LogP contribution in [0, 0.1) is 0 Å². The van der Waals surface area contributed by atoms with Gasteiger partial charge in [-0.15, -0.1) is 11.6 Å². The average Bonchev–Trinajstić information content (AvgIpc) is 2.47. The maximum Gasteiger partial charge on any atom is 0.255 e. The Bertz CT molecular complexity index is 613. The summed E-state index contributed by atoms with van der Waals surface area (Å²) in [6.07, 6.45) is -2.45. The molecule has 2 rings (SSSR count). The summed E-state index contributed by atoms with van der Waals surface area (Å²) >= 11 is 5.58. The first-order valence-corrected chi connectivity index (χ1v) is 7.24. The number of amides is 1. The fourth-order valence-corrected chi connectivity index (χ4v) is 2.51. The van der Waals surface area contributed by atoms with Crippen LogP contribution in [0.1, 0.15) is 5.56 Å². The molecule has 21 heavy (non-hydrogen) atoms. The standard InChI is InChI=1S/C16H16ClF2NO/c17-8-9-20(11-15(18)19)16(21)10-13-6-3-5-12-4-1-2-7-14(12)13/h1-7,15H,8-11H2. The van der Waals surface area contributed by atoms with Crippen LogP contribution in [-0.2, 0) is 11.2 Å². The first-order chi connectivity index (χ1) is 10.1. The molecular weight excluding hydrogens is 296 g/mol. The molecule has 0 N–H and O–H groups in total. The number of hydrogen-bond donors (Lipinski definition) is 0. The Balaban J connectivity index is 2.20. The number of halogens is 3. The van der Waals surface area contributed by atoms with E-state index in [9.17, 15) is 13.6 Å². The van der Waals surface area contributed by atoms with E-state index in [4.69, 9.17) is 11.6 Å². The van der Waals surface area contributed by atoms with Crippen molar-refractivity contribution < 1.29 is 13.6 Å². The van der Waals surface area contributed by atoms with Gasteiger partial charge in [0.25, 0.3) is 6.43 Å². The van der Waals surface area contributed by atoms with Crippen molar-refractivity contribution in [3.05, 3.63) is 48.0 Å². The summed E-state index contributed by atoms with van der Waals surface area (Å²) in [6.45, 7) is -0.439. The largest absolute Gasteiger partial charge is 0.335 e. The fourth-order valence-electron chi connectivity index (χ4n) is 2.31. The summed E-state index contributed by atoms with van der Waals surface area (Å²) in [5.74, 6) is -0.180. The molecule has 0 radical (unpaired) electrons. The fraction of sp³-hybridized carbons (Fsp3) is 0.312. The third-order valence-corrected chi connectivity index (χ3v) is 3.46. The van der Waals surface area contributed by atoms with Gasteiger partial charge in [-0.1, -0.05) is 42.5 Å². The van der Waals surface area contributed by atoms with Gasteiger partial charge >= 0.3 is 0 Å². The maximum absolute atomic E-state index is 12.5. The van der Waals surface area contributed by atoms with Crippen molar-refractivity contribution in [3.8, 4) is 0 Å². The molecule has 0 atom stereocenters. The molecule has 0 aliphatic rings. The molecule has 0 aliphatic heterocycles. The van der Waals surface area contributed by atoms with Gasteiger partial charge in [-0.05, 0) is 16.3 Å². The summed E-state index contributed by atoms with van der Waals surface area (Å²) in [6, 6.07) is 13.4. The smallest absolute Gasteiger partial charge is 0.255 e. The molecule has 2 nitrogen and oxygen atoms in total. The van der Waals surface area contributed by atoms with Crippen LogP contribution in [-0.4, -0.2) is 36.2 Å². The molecule has 0 saturated heterocycles. The third kappa shape index (κ3) is 4.14. The zero-order chi connectivity index (χ0) is 15.2. The molecule has 0 spiro atoms. The zero-order valence-corrected chi connectivity index (χ0v) is 12.2. The molecule has 0 bridgehead atoms. The SMILES string of the molecule is O=C(Cc1cccc2ccccc12)N(CCCl)CC(F)F. The van der Waals surface area contributed by atoms with Gasteiger partial charge in [0, 0.05) is 12.4 Å². The van der Waals surface area contributed by atoms with Gasteiger partial charge in [-0.3, -0.25) is 4.79 Å². The number of alkyl halides is 3. The quantitative estimate of drug-likeness (QED) is 0.745. The first kappa shape index (κ1) is 15.7. The molecule has 0 aromatic heterocycles. The number of rotatable bonds is 6. The predicted molar refractivity (Wildman–Crippen MR) is 81.0 cm³/mol. The highest BCUT2D eigenvalue weighted by atomic mass is 35.5. The third-order valence-electron chi connectivity index (χ3n) is 3.29. The van der Waals surface area contributed by atoms with Crippen LogP contribution in [0.25, 0.3) is 10.8 Å². The van der Waals surface area contributed by atoms with Gasteiger partial charge in [0.05, 0.1) is 13.0 Å². The Labute approximate surface area is 127 Å². The number of nitrogens with zero attached hydrogens (tertiary/aromatic N) is 1. The van der Waals surface area contributed by atoms with E-state index in [1.54, 1.807) is 0 Å². The topological polar surface area (TPSA) is 20.3 Å². The molecule has 0 fully saturated rings. The van der Waals surface area contributed by atoms with Crippen LogP contribution in [0.2, 0.25) is 0 Å². The molecule has 5 heteroatoms. The van der Waals surface area contributed by atoms with Gasteiger partial charge in [-0.2, -0.15) is 0 Å². The molecule has 2 aromatic carbocycles. The lowest BCUT2D eigenvalue weighted by atomic mass is 10.0. The van der Waals surface area contributed by atoms with Crippen molar-refractivity contribution in [2.24, 2.45) is 0 Å². The summed E-state index contributed by atoms with van der Waals surface area (Å²) in [7, 11) is 0. The minimum atomic E-state index is -2.55. The monoisotopic (exact) mass is 311 g/mol. The Morgan fingerprint density at radius 1 is 1.14 bits per heavy atom. The first-order valence-electron chi connectivity index (χ1n) is 6.70. The second kappa shape index (κ2) is 7.36. The highest BCUT2D eigenvalue weighted by molar-refractivity contribution is 6.18. The molecule has 0 heterocycles. The molecule has 0 saturated carbocycles. The number of carbonyl (C=O) groups is 1. The molecular formula is C16H16ClF2NO. The lowest BCUT2D eigenvalue weighted by Crippen LogP contribution is -2.37. The highest BCUT2D eigenvalue weighted by Gasteiger charge is 2.18. The number of benzene rings is 2. The second-order valence-electron chi connectivity index (χ2n) is 4.73. The summed E-state index contributed by atoms with van der Waals surface area (Å²) in [5.41, 5.74) is 0.840. The Kier molecular flexibility index (Phi) is 5.51. The van der Waals surface area contributed by atoms with Gasteiger partial charge in [-0.25, -0.2) is 8.78 Å². The van der Waals surface area contributed by atoms with Gasteiger partial charge < -0.3 is 4.90 Å². The van der Waals surface area contributed by atoms with Crippen molar-refractivity contribution in [1.82, 2.24) is 4.90 Å². The lowest BCUT2D eigenvalue weighted by Gasteiger charge is -2.21. The number of hydrogen-bond acceptors (Lipinski definition) is 1. The van der Waals surface area contributed by atoms with Crippen LogP contribution in [0.4, 0.5) is 8.78 Å². The van der Waals surface area contributed by atoms with E-state index in [0.717, 1.165) is 21.2 Å². The number of carbonyl (C=O) groups excluding carboxylic acids is 1. The van der Waals surface area contributed by atoms with E-state index in [2.05, 4.69) is 0 Å². The van der Waals surface area contributed by atoms with Crippen LogP contribution >= 0.6 is 11.6 Å². The van der Waals surface area contributed by atoms with Crippen molar-refractivity contribution in [2.75, 3.05) is 19.0 Å². The molecule has 112 valence electrons.